The maximum Gasteiger partial charge on any atom is 0.262 e. The molecule has 2 aromatic rings. The summed E-state index contributed by atoms with van der Waals surface area (Å²) in [4.78, 5) is 33.4. The van der Waals surface area contributed by atoms with Crippen LogP contribution in [-0.2, 0) is 11.3 Å². The molecule has 0 unspecified atom stereocenters. The fourth-order valence-electron chi connectivity index (χ4n) is 3.47. The van der Waals surface area contributed by atoms with Crippen molar-refractivity contribution in [3.05, 3.63) is 27.1 Å². The maximum absolute atomic E-state index is 12.7. The third-order valence-corrected chi connectivity index (χ3v) is 6.50. The second kappa shape index (κ2) is 6.67. The standard InChI is InChI=1S/C18H25N3O2S/c1-11-5-7-14(8-6-11)20(4)15(22)9-21-10-19-17-16(18(21)23)12(2)13(3)24-17/h10-11,14H,5-9H2,1-4H3. The summed E-state index contributed by atoms with van der Waals surface area (Å²) in [5.41, 5.74) is 0.866. The molecule has 24 heavy (non-hydrogen) atoms. The smallest absolute Gasteiger partial charge is 0.262 e. The Morgan fingerprint density at radius 2 is 2.00 bits per heavy atom. The number of hydrogen-bond donors (Lipinski definition) is 0. The maximum atomic E-state index is 12.7. The molecular weight excluding hydrogens is 322 g/mol. The van der Waals surface area contributed by atoms with Gasteiger partial charge in [0.25, 0.3) is 5.56 Å². The van der Waals surface area contributed by atoms with Gasteiger partial charge in [-0.15, -0.1) is 11.3 Å². The molecule has 2 heterocycles. The number of rotatable bonds is 3. The predicted molar refractivity (Wildman–Crippen MR) is 97.5 cm³/mol. The fourth-order valence-corrected chi connectivity index (χ4v) is 4.46. The quantitative estimate of drug-likeness (QED) is 0.857. The lowest BCUT2D eigenvalue weighted by Crippen LogP contribution is -2.42. The molecule has 0 aromatic carbocycles. The molecule has 0 bridgehead atoms. The summed E-state index contributed by atoms with van der Waals surface area (Å²) in [5, 5.41) is 0.655. The molecule has 0 spiro atoms. The summed E-state index contributed by atoms with van der Waals surface area (Å²) in [7, 11) is 1.86. The number of carbonyl (C=O) groups excluding carboxylic acids is 1. The Labute approximate surface area is 146 Å². The van der Waals surface area contributed by atoms with Gasteiger partial charge in [0.2, 0.25) is 5.91 Å². The molecule has 1 fully saturated rings. The van der Waals surface area contributed by atoms with E-state index in [9.17, 15) is 9.59 Å². The normalized spacial score (nSPS) is 21.2. The molecule has 1 aliphatic rings. The van der Waals surface area contributed by atoms with Crippen LogP contribution in [0.15, 0.2) is 11.1 Å². The fraction of sp³-hybridized carbons (Fsp3) is 0.611. The summed E-state index contributed by atoms with van der Waals surface area (Å²) < 4.78 is 1.45. The van der Waals surface area contributed by atoms with Crippen LogP contribution < -0.4 is 5.56 Å². The molecule has 6 heteroatoms. The molecule has 130 valence electrons. The van der Waals surface area contributed by atoms with Crippen molar-refractivity contribution in [3.8, 4) is 0 Å². The molecule has 0 aliphatic heterocycles. The molecule has 1 amide bonds. The zero-order chi connectivity index (χ0) is 17.4. The van der Waals surface area contributed by atoms with Crippen LogP contribution in [0.3, 0.4) is 0 Å². The summed E-state index contributed by atoms with van der Waals surface area (Å²) in [5.74, 6) is 0.742. The molecule has 0 N–H and O–H groups in total. The van der Waals surface area contributed by atoms with E-state index in [0.717, 1.165) is 34.0 Å². The van der Waals surface area contributed by atoms with Gasteiger partial charge in [0.1, 0.15) is 11.4 Å². The Balaban J connectivity index is 1.79. The van der Waals surface area contributed by atoms with E-state index in [4.69, 9.17) is 0 Å². The number of aromatic nitrogens is 2. The van der Waals surface area contributed by atoms with Gasteiger partial charge in [-0.05, 0) is 51.0 Å². The SMILES string of the molecule is Cc1sc2ncn(CC(=O)N(C)C3CCC(C)CC3)c(=O)c2c1C. The number of likely N-dealkylation sites (N-methyl/N-ethyl adjacent to an activating group) is 1. The Kier molecular flexibility index (Phi) is 4.76. The highest BCUT2D eigenvalue weighted by Gasteiger charge is 2.25. The number of hydrogen-bond acceptors (Lipinski definition) is 4. The first-order valence-electron chi connectivity index (χ1n) is 8.59. The van der Waals surface area contributed by atoms with Gasteiger partial charge >= 0.3 is 0 Å². The minimum absolute atomic E-state index is 0.0117. The Hall–Kier alpha value is -1.69. The minimum Gasteiger partial charge on any atom is -0.341 e. The molecular formula is C18H25N3O2S. The number of fused-ring (bicyclic) bond motifs is 1. The first-order chi connectivity index (χ1) is 11.4. The van der Waals surface area contributed by atoms with E-state index >= 15 is 0 Å². The van der Waals surface area contributed by atoms with Crippen molar-refractivity contribution in [2.45, 2.75) is 59.0 Å². The first kappa shape index (κ1) is 17.1. The van der Waals surface area contributed by atoms with E-state index in [0.29, 0.717) is 11.4 Å². The first-order valence-corrected chi connectivity index (χ1v) is 9.41. The minimum atomic E-state index is -0.110. The van der Waals surface area contributed by atoms with Crippen molar-refractivity contribution in [2.24, 2.45) is 5.92 Å². The number of thiophene rings is 1. The summed E-state index contributed by atoms with van der Waals surface area (Å²) in [6.07, 6.45) is 5.96. The molecule has 1 saturated carbocycles. The van der Waals surface area contributed by atoms with E-state index in [2.05, 4.69) is 11.9 Å². The Bertz CT molecular complexity index is 816. The van der Waals surface area contributed by atoms with Crippen molar-refractivity contribution >= 4 is 27.5 Å². The van der Waals surface area contributed by atoms with E-state index < -0.39 is 0 Å². The number of aryl methyl sites for hydroxylation is 2. The van der Waals surface area contributed by atoms with Crippen LogP contribution >= 0.6 is 11.3 Å². The zero-order valence-electron chi connectivity index (χ0n) is 14.8. The van der Waals surface area contributed by atoms with Gasteiger partial charge in [-0.25, -0.2) is 4.98 Å². The average molecular weight is 347 g/mol. The van der Waals surface area contributed by atoms with Crippen molar-refractivity contribution in [3.63, 3.8) is 0 Å². The van der Waals surface area contributed by atoms with E-state index in [-0.39, 0.29) is 18.0 Å². The lowest BCUT2D eigenvalue weighted by atomic mass is 9.87. The molecule has 3 rings (SSSR count). The van der Waals surface area contributed by atoms with Gasteiger partial charge in [0.05, 0.1) is 11.7 Å². The third kappa shape index (κ3) is 3.11. The monoisotopic (exact) mass is 347 g/mol. The Morgan fingerprint density at radius 3 is 2.67 bits per heavy atom. The molecule has 0 saturated heterocycles. The van der Waals surface area contributed by atoms with E-state index in [1.54, 1.807) is 0 Å². The van der Waals surface area contributed by atoms with Gasteiger partial charge in [0, 0.05) is 18.0 Å². The van der Waals surface area contributed by atoms with Crippen LogP contribution in [0.25, 0.3) is 10.2 Å². The Morgan fingerprint density at radius 1 is 1.33 bits per heavy atom. The zero-order valence-corrected chi connectivity index (χ0v) is 15.7. The average Bonchev–Trinajstić information content (AvgIpc) is 2.85. The lowest BCUT2D eigenvalue weighted by molar-refractivity contribution is -0.133. The number of amides is 1. The topological polar surface area (TPSA) is 55.2 Å². The molecule has 0 radical (unpaired) electrons. The second-order valence-electron chi connectivity index (χ2n) is 7.06. The van der Waals surface area contributed by atoms with E-state index in [1.165, 1.54) is 35.1 Å². The van der Waals surface area contributed by atoms with E-state index in [1.807, 2.05) is 25.8 Å². The van der Waals surface area contributed by atoms with Crippen LogP contribution in [0, 0.1) is 19.8 Å². The van der Waals surface area contributed by atoms with Crippen LogP contribution in [0.4, 0.5) is 0 Å². The predicted octanol–water partition coefficient (Wildman–Crippen LogP) is 3.11. The lowest BCUT2D eigenvalue weighted by Gasteiger charge is -2.33. The largest absolute Gasteiger partial charge is 0.341 e. The summed E-state index contributed by atoms with van der Waals surface area (Å²) in [6, 6.07) is 0.297. The highest BCUT2D eigenvalue weighted by Crippen LogP contribution is 2.27. The highest BCUT2D eigenvalue weighted by molar-refractivity contribution is 7.18. The van der Waals surface area contributed by atoms with Crippen molar-refractivity contribution in [1.29, 1.82) is 0 Å². The molecule has 5 nitrogen and oxygen atoms in total. The van der Waals surface area contributed by atoms with Gasteiger partial charge in [-0.1, -0.05) is 6.92 Å². The van der Waals surface area contributed by atoms with Gasteiger partial charge in [-0.2, -0.15) is 0 Å². The summed E-state index contributed by atoms with van der Waals surface area (Å²) in [6.45, 7) is 6.27. The second-order valence-corrected chi connectivity index (χ2v) is 8.26. The van der Waals surface area contributed by atoms with Crippen LogP contribution in [0.1, 0.15) is 43.0 Å². The van der Waals surface area contributed by atoms with Crippen molar-refractivity contribution in [1.82, 2.24) is 14.5 Å². The van der Waals surface area contributed by atoms with Gasteiger partial charge in [-0.3, -0.25) is 14.2 Å². The highest BCUT2D eigenvalue weighted by atomic mass is 32.1. The third-order valence-electron chi connectivity index (χ3n) is 5.39. The number of nitrogens with zero attached hydrogens (tertiary/aromatic N) is 3. The van der Waals surface area contributed by atoms with Crippen LogP contribution in [0.2, 0.25) is 0 Å². The van der Waals surface area contributed by atoms with Crippen molar-refractivity contribution in [2.75, 3.05) is 7.05 Å². The van der Waals surface area contributed by atoms with Gasteiger partial charge < -0.3 is 4.90 Å². The molecule has 1 aliphatic carbocycles. The number of carbonyl (C=O) groups is 1. The molecule has 0 atom stereocenters. The van der Waals surface area contributed by atoms with Crippen LogP contribution in [0.5, 0.6) is 0 Å². The van der Waals surface area contributed by atoms with Crippen LogP contribution in [-0.4, -0.2) is 33.4 Å². The van der Waals surface area contributed by atoms with Crippen molar-refractivity contribution < 1.29 is 4.79 Å². The summed E-state index contributed by atoms with van der Waals surface area (Å²) >= 11 is 1.53. The molecule has 2 aromatic heterocycles. The van der Waals surface area contributed by atoms with Gasteiger partial charge in [0.15, 0.2) is 0 Å².